The second-order valence-corrected chi connectivity index (χ2v) is 6.35. The number of carbonyl (C=O) groups is 1. The lowest BCUT2D eigenvalue weighted by Gasteiger charge is -2.24. The summed E-state index contributed by atoms with van der Waals surface area (Å²) in [6.07, 6.45) is 2.02. The number of halogens is 1. The summed E-state index contributed by atoms with van der Waals surface area (Å²) in [4.78, 5) is 14.4. The van der Waals surface area contributed by atoms with E-state index in [1.54, 1.807) is 4.68 Å². The molecule has 2 aliphatic heterocycles. The summed E-state index contributed by atoms with van der Waals surface area (Å²) in [5.41, 5.74) is 2.25. The van der Waals surface area contributed by atoms with E-state index in [1.165, 1.54) is 0 Å². The number of hydrogen-bond donors (Lipinski definition) is 0. The number of amides is 1. The van der Waals surface area contributed by atoms with Gasteiger partial charge in [0.25, 0.3) is 5.91 Å². The van der Waals surface area contributed by atoms with Crippen LogP contribution in [0, 0.1) is 0 Å². The zero-order valence-electron chi connectivity index (χ0n) is 12.6. The van der Waals surface area contributed by atoms with E-state index in [-0.39, 0.29) is 12.0 Å². The standard InChI is InChI=1S/C16H17ClN4O2/c17-12-5-3-11(4-6-12)14-9-21-13(10-23-14)15(18-19-21)16(22)20-7-1-2-8-20/h3-6,14H,1-2,7-10H2/t14-/m1/s1. The summed E-state index contributed by atoms with van der Waals surface area (Å²) in [5, 5.41) is 8.96. The highest BCUT2D eigenvalue weighted by atomic mass is 35.5. The van der Waals surface area contributed by atoms with Crippen LogP contribution < -0.4 is 0 Å². The van der Waals surface area contributed by atoms with Crippen LogP contribution in [0.3, 0.4) is 0 Å². The van der Waals surface area contributed by atoms with Gasteiger partial charge in [0.1, 0.15) is 6.10 Å². The van der Waals surface area contributed by atoms with Crippen LogP contribution in [-0.4, -0.2) is 38.9 Å². The summed E-state index contributed by atoms with van der Waals surface area (Å²) in [6, 6.07) is 7.59. The second kappa shape index (κ2) is 5.94. The van der Waals surface area contributed by atoms with Gasteiger partial charge in [0.15, 0.2) is 5.69 Å². The van der Waals surface area contributed by atoms with Crippen molar-refractivity contribution in [2.24, 2.45) is 0 Å². The van der Waals surface area contributed by atoms with Gasteiger partial charge in [-0.15, -0.1) is 5.10 Å². The smallest absolute Gasteiger partial charge is 0.276 e. The maximum Gasteiger partial charge on any atom is 0.276 e. The van der Waals surface area contributed by atoms with E-state index < -0.39 is 0 Å². The van der Waals surface area contributed by atoms with Gasteiger partial charge < -0.3 is 9.64 Å². The minimum Gasteiger partial charge on any atom is -0.365 e. The molecule has 0 aliphatic carbocycles. The van der Waals surface area contributed by atoms with Crippen molar-refractivity contribution < 1.29 is 9.53 Å². The summed E-state index contributed by atoms with van der Waals surface area (Å²) in [7, 11) is 0. The van der Waals surface area contributed by atoms with E-state index in [2.05, 4.69) is 10.3 Å². The monoisotopic (exact) mass is 332 g/mol. The molecule has 1 amide bonds. The van der Waals surface area contributed by atoms with Gasteiger partial charge >= 0.3 is 0 Å². The van der Waals surface area contributed by atoms with Crippen LogP contribution in [-0.2, 0) is 17.9 Å². The van der Waals surface area contributed by atoms with Crippen LogP contribution in [0.2, 0.25) is 5.02 Å². The summed E-state index contributed by atoms with van der Waals surface area (Å²) in [5.74, 6) is -0.0303. The van der Waals surface area contributed by atoms with Gasteiger partial charge in [-0.05, 0) is 30.5 Å². The van der Waals surface area contributed by atoms with Crippen LogP contribution in [0.1, 0.15) is 40.7 Å². The average Bonchev–Trinajstić information content (AvgIpc) is 3.24. The summed E-state index contributed by atoms with van der Waals surface area (Å²) < 4.78 is 7.71. The number of benzene rings is 1. The van der Waals surface area contributed by atoms with Crippen LogP contribution in [0.15, 0.2) is 24.3 Å². The SMILES string of the molecule is O=C(c1nnn2c1CO[C@@H](c1ccc(Cl)cc1)C2)N1CCCC1. The Morgan fingerprint density at radius 1 is 1.22 bits per heavy atom. The summed E-state index contributed by atoms with van der Waals surface area (Å²) >= 11 is 5.92. The number of fused-ring (bicyclic) bond motifs is 1. The molecule has 1 aromatic heterocycles. The Balaban J connectivity index is 1.55. The van der Waals surface area contributed by atoms with Gasteiger partial charge in [0.2, 0.25) is 0 Å². The minimum atomic E-state index is -0.101. The van der Waals surface area contributed by atoms with Crippen molar-refractivity contribution in [1.82, 2.24) is 19.9 Å². The molecular weight excluding hydrogens is 316 g/mol. The molecule has 0 spiro atoms. The number of carbonyl (C=O) groups excluding carboxylic acids is 1. The van der Waals surface area contributed by atoms with Gasteiger partial charge in [-0.3, -0.25) is 4.79 Å². The molecule has 0 saturated carbocycles. The van der Waals surface area contributed by atoms with Crippen molar-refractivity contribution in [1.29, 1.82) is 0 Å². The third kappa shape index (κ3) is 2.72. The third-order valence-electron chi connectivity index (χ3n) is 4.44. The third-order valence-corrected chi connectivity index (χ3v) is 4.69. The number of nitrogens with zero attached hydrogens (tertiary/aromatic N) is 4. The van der Waals surface area contributed by atoms with Crippen LogP contribution in [0.5, 0.6) is 0 Å². The molecule has 0 unspecified atom stereocenters. The first-order valence-corrected chi connectivity index (χ1v) is 8.19. The number of hydrogen-bond acceptors (Lipinski definition) is 4. The number of rotatable bonds is 2. The molecule has 0 N–H and O–H groups in total. The normalized spacial score (nSPS) is 20.6. The van der Waals surface area contributed by atoms with Crippen molar-refractivity contribution in [3.63, 3.8) is 0 Å². The first-order chi connectivity index (χ1) is 11.2. The van der Waals surface area contributed by atoms with Crippen molar-refractivity contribution in [3.8, 4) is 0 Å². The minimum absolute atomic E-state index is 0.0303. The lowest BCUT2D eigenvalue weighted by atomic mass is 10.1. The van der Waals surface area contributed by atoms with Crippen LogP contribution >= 0.6 is 11.6 Å². The predicted octanol–water partition coefficient (Wildman–Crippen LogP) is 2.44. The first kappa shape index (κ1) is 14.7. The molecule has 1 saturated heterocycles. The zero-order valence-corrected chi connectivity index (χ0v) is 13.4. The fraction of sp³-hybridized carbons (Fsp3) is 0.438. The Labute approximate surface area is 139 Å². The molecule has 0 radical (unpaired) electrons. The lowest BCUT2D eigenvalue weighted by molar-refractivity contribution is -0.00191. The quantitative estimate of drug-likeness (QED) is 0.847. The van der Waals surface area contributed by atoms with Gasteiger partial charge in [0, 0.05) is 18.1 Å². The molecule has 6 nitrogen and oxygen atoms in total. The molecule has 120 valence electrons. The van der Waals surface area contributed by atoms with Gasteiger partial charge in [0.05, 0.1) is 18.8 Å². The van der Waals surface area contributed by atoms with E-state index in [0.29, 0.717) is 23.9 Å². The fourth-order valence-corrected chi connectivity index (χ4v) is 3.25. The highest BCUT2D eigenvalue weighted by Gasteiger charge is 2.30. The number of ether oxygens (including phenoxy) is 1. The molecule has 1 atom stereocenters. The van der Waals surface area contributed by atoms with Crippen LogP contribution in [0.25, 0.3) is 0 Å². The van der Waals surface area contributed by atoms with Gasteiger partial charge in [-0.2, -0.15) is 0 Å². The highest BCUT2D eigenvalue weighted by Crippen LogP contribution is 2.28. The zero-order chi connectivity index (χ0) is 15.8. The Morgan fingerprint density at radius 3 is 2.70 bits per heavy atom. The van der Waals surface area contributed by atoms with Crippen molar-refractivity contribution in [2.45, 2.75) is 32.1 Å². The lowest BCUT2D eigenvalue weighted by Crippen LogP contribution is -2.30. The Hall–Kier alpha value is -1.92. The molecule has 2 aromatic rings. The van der Waals surface area contributed by atoms with E-state index in [4.69, 9.17) is 16.3 Å². The molecule has 0 bridgehead atoms. The molecular formula is C16H17ClN4O2. The van der Waals surface area contributed by atoms with E-state index in [1.807, 2.05) is 29.2 Å². The van der Waals surface area contributed by atoms with E-state index in [0.717, 1.165) is 37.2 Å². The van der Waals surface area contributed by atoms with E-state index >= 15 is 0 Å². The molecule has 23 heavy (non-hydrogen) atoms. The average molecular weight is 333 g/mol. The molecule has 1 fully saturated rings. The molecule has 4 rings (SSSR count). The van der Waals surface area contributed by atoms with Crippen LogP contribution in [0.4, 0.5) is 0 Å². The van der Waals surface area contributed by atoms with Crippen molar-refractivity contribution >= 4 is 17.5 Å². The second-order valence-electron chi connectivity index (χ2n) is 5.92. The topological polar surface area (TPSA) is 60.3 Å². The summed E-state index contributed by atoms with van der Waals surface area (Å²) in [6.45, 7) is 2.51. The predicted molar refractivity (Wildman–Crippen MR) is 84.1 cm³/mol. The number of likely N-dealkylation sites (tertiary alicyclic amines) is 1. The molecule has 1 aromatic carbocycles. The van der Waals surface area contributed by atoms with Gasteiger partial charge in [-0.25, -0.2) is 4.68 Å². The van der Waals surface area contributed by atoms with Crippen molar-refractivity contribution in [2.75, 3.05) is 13.1 Å². The fourth-order valence-electron chi connectivity index (χ4n) is 3.13. The Morgan fingerprint density at radius 2 is 1.96 bits per heavy atom. The maximum absolute atomic E-state index is 12.5. The molecule has 7 heteroatoms. The molecule has 3 heterocycles. The van der Waals surface area contributed by atoms with Crippen molar-refractivity contribution in [3.05, 3.63) is 46.2 Å². The Bertz CT molecular complexity index is 722. The Kier molecular flexibility index (Phi) is 3.79. The number of aromatic nitrogens is 3. The first-order valence-electron chi connectivity index (χ1n) is 7.81. The highest BCUT2D eigenvalue weighted by molar-refractivity contribution is 6.30. The van der Waals surface area contributed by atoms with Gasteiger partial charge in [-0.1, -0.05) is 28.9 Å². The van der Waals surface area contributed by atoms with E-state index in [9.17, 15) is 4.79 Å². The maximum atomic E-state index is 12.5. The largest absolute Gasteiger partial charge is 0.365 e. The molecule has 2 aliphatic rings.